The Morgan fingerprint density at radius 1 is 1.14 bits per heavy atom. The van der Waals surface area contributed by atoms with Gasteiger partial charge in [-0.1, -0.05) is 41.9 Å². The second-order valence-electron chi connectivity index (χ2n) is 5.09. The SMILES string of the molecule is CCN(Cc1ccccc1)c1csc2ccc(Cl)cc2c1=O. The fourth-order valence-electron chi connectivity index (χ4n) is 2.48. The van der Waals surface area contributed by atoms with Crippen molar-refractivity contribution in [3.05, 3.63) is 74.7 Å². The molecule has 0 N–H and O–H groups in total. The highest BCUT2D eigenvalue weighted by Crippen LogP contribution is 2.24. The average Bonchev–Trinajstić information content (AvgIpc) is 2.55. The lowest BCUT2D eigenvalue weighted by molar-refractivity contribution is 0.831. The lowest BCUT2D eigenvalue weighted by Gasteiger charge is -2.22. The van der Waals surface area contributed by atoms with Gasteiger partial charge in [-0.2, -0.15) is 0 Å². The van der Waals surface area contributed by atoms with Gasteiger partial charge in [-0.05, 0) is 30.7 Å². The van der Waals surface area contributed by atoms with Gasteiger partial charge in [-0.25, -0.2) is 0 Å². The van der Waals surface area contributed by atoms with Crippen LogP contribution in [0.2, 0.25) is 5.02 Å². The van der Waals surface area contributed by atoms with Crippen LogP contribution in [0.5, 0.6) is 0 Å². The number of halogens is 1. The summed E-state index contributed by atoms with van der Waals surface area (Å²) in [6, 6.07) is 15.7. The highest BCUT2D eigenvalue weighted by molar-refractivity contribution is 7.16. The Balaban J connectivity index is 2.04. The number of hydrogen-bond acceptors (Lipinski definition) is 3. The average molecular weight is 330 g/mol. The summed E-state index contributed by atoms with van der Waals surface area (Å²) in [4.78, 5) is 14.9. The molecule has 0 saturated carbocycles. The van der Waals surface area contributed by atoms with Crippen LogP contribution in [-0.4, -0.2) is 6.54 Å². The zero-order valence-electron chi connectivity index (χ0n) is 12.3. The molecule has 0 unspecified atom stereocenters. The molecule has 0 amide bonds. The van der Waals surface area contributed by atoms with Crippen molar-refractivity contribution in [2.75, 3.05) is 11.4 Å². The Labute approximate surface area is 138 Å². The monoisotopic (exact) mass is 329 g/mol. The van der Waals surface area contributed by atoms with E-state index in [2.05, 4.69) is 24.0 Å². The van der Waals surface area contributed by atoms with Crippen LogP contribution in [0.3, 0.4) is 0 Å². The number of fused-ring (bicyclic) bond motifs is 1. The molecule has 0 radical (unpaired) electrons. The maximum atomic E-state index is 12.8. The molecule has 0 bridgehead atoms. The second-order valence-corrected chi connectivity index (χ2v) is 6.44. The van der Waals surface area contributed by atoms with Gasteiger partial charge in [0.05, 0.1) is 5.69 Å². The second kappa shape index (κ2) is 6.51. The van der Waals surface area contributed by atoms with Gasteiger partial charge < -0.3 is 4.90 Å². The van der Waals surface area contributed by atoms with E-state index in [1.807, 2.05) is 35.7 Å². The predicted molar refractivity (Wildman–Crippen MR) is 96.3 cm³/mol. The topological polar surface area (TPSA) is 20.3 Å². The van der Waals surface area contributed by atoms with Crippen molar-refractivity contribution >= 4 is 38.7 Å². The first-order chi connectivity index (χ1) is 10.7. The molecule has 22 heavy (non-hydrogen) atoms. The maximum Gasteiger partial charge on any atom is 0.211 e. The molecule has 0 spiro atoms. The van der Waals surface area contributed by atoms with Gasteiger partial charge in [-0.3, -0.25) is 4.79 Å². The molecule has 1 aromatic heterocycles. The van der Waals surface area contributed by atoms with Crippen molar-refractivity contribution in [2.45, 2.75) is 13.5 Å². The highest BCUT2D eigenvalue weighted by atomic mass is 35.5. The number of hydrogen-bond donors (Lipinski definition) is 0. The van der Waals surface area contributed by atoms with E-state index in [1.165, 1.54) is 5.56 Å². The summed E-state index contributed by atoms with van der Waals surface area (Å²) in [5.74, 6) is 0. The van der Waals surface area contributed by atoms with Gasteiger partial charge in [0.15, 0.2) is 0 Å². The normalized spacial score (nSPS) is 10.8. The fraction of sp³-hybridized carbons (Fsp3) is 0.167. The lowest BCUT2D eigenvalue weighted by atomic mass is 10.2. The summed E-state index contributed by atoms with van der Waals surface area (Å²) < 4.78 is 0.967. The van der Waals surface area contributed by atoms with Gasteiger partial charge in [0.25, 0.3) is 0 Å². The van der Waals surface area contributed by atoms with Crippen LogP contribution in [0.25, 0.3) is 10.1 Å². The van der Waals surface area contributed by atoms with Gasteiger partial charge in [0.2, 0.25) is 5.43 Å². The van der Waals surface area contributed by atoms with Crippen LogP contribution < -0.4 is 10.3 Å². The maximum absolute atomic E-state index is 12.8. The van der Waals surface area contributed by atoms with E-state index in [-0.39, 0.29) is 5.43 Å². The standard InChI is InChI=1S/C18H16ClNOS/c1-2-20(11-13-6-4-3-5-7-13)16-12-22-17-9-8-14(19)10-15(17)18(16)21/h3-10,12H,2,11H2,1H3. The molecule has 0 aliphatic heterocycles. The van der Waals surface area contributed by atoms with E-state index in [4.69, 9.17) is 11.6 Å². The molecule has 0 aliphatic carbocycles. The Morgan fingerprint density at radius 2 is 1.91 bits per heavy atom. The van der Waals surface area contributed by atoms with Crippen molar-refractivity contribution in [2.24, 2.45) is 0 Å². The van der Waals surface area contributed by atoms with Crippen LogP contribution >= 0.6 is 22.9 Å². The summed E-state index contributed by atoms with van der Waals surface area (Å²) in [5, 5.41) is 3.24. The summed E-state index contributed by atoms with van der Waals surface area (Å²) >= 11 is 7.62. The molecule has 1 heterocycles. The third-order valence-electron chi connectivity index (χ3n) is 3.66. The molecule has 2 nitrogen and oxygen atoms in total. The minimum Gasteiger partial charge on any atom is -0.364 e. The molecule has 4 heteroatoms. The van der Waals surface area contributed by atoms with E-state index in [0.29, 0.717) is 10.4 Å². The summed E-state index contributed by atoms with van der Waals surface area (Å²) in [6.45, 7) is 3.57. The predicted octanol–water partition coefficient (Wildman–Crippen LogP) is 4.94. The number of anilines is 1. The minimum atomic E-state index is 0.0500. The van der Waals surface area contributed by atoms with Gasteiger partial charge in [0, 0.05) is 33.6 Å². The Kier molecular flexibility index (Phi) is 4.46. The van der Waals surface area contributed by atoms with E-state index >= 15 is 0 Å². The molecule has 3 aromatic rings. The zero-order chi connectivity index (χ0) is 15.5. The first-order valence-corrected chi connectivity index (χ1v) is 8.44. The summed E-state index contributed by atoms with van der Waals surface area (Å²) in [5.41, 5.74) is 1.99. The number of rotatable bonds is 4. The van der Waals surface area contributed by atoms with Crippen LogP contribution in [0, 0.1) is 0 Å². The van der Waals surface area contributed by atoms with Gasteiger partial charge in [-0.15, -0.1) is 11.3 Å². The largest absolute Gasteiger partial charge is 0.364 e. The lowest BCUT2D eigenvalue weighted by Crippen LogP contribution is -2.27. The van der Waals surface area contributed by atoms with Crippen molar-refractivity contribution < 1.29 is 0 Å². The molecule has 112 valence electrons. The van der Waals surface area contributed by atoms with Crippen molar-refractivity contribution in [1.29, 1.82) is 0 Å². The van der Waals surface area contributed by atoms with Crippen molar-refractivity contribution in [1.82, 2.24) is 0 Å². The third-order valence-corrected chi connectivity index (χ3v) is 4.84. The molecule has 0 saturated heterocycles. The minimum absolute atomic E-state index is 0.0500. The smallest absolute Gasteiger partial charge is 0.211 e. The Bertz CT molecular complexity index is 845. The van der Waals surface area contributed by atoms with Crippen LogP contribution in [0.4, 0.5) is 5.69 Å². The van der Waals surface area contributed by atoms with E-state index in [0.717, 1.165) is 23.5 Å². The molecular weight excluding hydrogens is 314 g/mol. The van der Waals surface area contributed by atoms with Crippen LogP contribution in [0.15, 0.2) is 58.7 Å². The van der Waals surface area contributed by atoms with Crippen LogP contribution in [-0.2, 0) is 6.54 Å². The van der Waals surface area contributed by atoms with E-state index in [9.17, 15) is 4.79 Å². The van der Waals surface area contributed by atoms with E-state index < -0.39 is 0 Å². The quantitative estimate of drug-likeness (QED) is 0.675. The van der Waals surface area contributed by atoms with Crippen molar-refractivity contribution in [3.63, 3.8) is 0 Å². The van der Waals surface area contributed by atoms with E-state index in [1.54, 1.807) is 17.4 Å². The van der Waals surface area contributed by atoms with Crippen molar-refractivity contribution in [3.8, 4) is 0 Å². The summed E-state index contributed by atoms with van der Waals surface area (Å²) in [7, 11) is 0. The van der Waals surface area contributed by atoms with Crippen LogP contribution in [0.1, 0.15) is 12.5 Å². The molecule has 2 aromatic carbocycles. The first kappa shape index (κ1) is 15.1. The third kappa shape index (κ3) is 3.01. The Morgan fingerprint density at radius 3 is 2.64 bits per heavy atom. The molecule has 0 atom stereocenters. The molecule has 0 fully saturated rings. The zero-order valence-corrected chi connectivity index (χ0v) is 13.8. The number of nitrogens with zero attached hydrogens (tertiary/aromatic N) is 1. The highest BCUT2D eigenvalue weighted by Gasteiger charge is 2.12. The van der Waals surface area contributed by atoms with Gasteiger partial charge in [0.1, 0.15) is 0 Å². The molecular formula is C18H16ClNOS. The fourth-order valence-corrected chi connectivity index (χ4v) is 3.57. The molecule has 3 rings (SSSR count). The first-order valence-electron chi connectivity index (χ1n) is 7.19. The Hall–Kier alpha value is -1.84. The number of benzene rings is 2. The molecule has 0 aliphatic rings. The summed E-state index contributed by atoms with van der Waals surface area (Å²) in [6.07, 6.45) is 0. The van der Waals surface area contributed by atoms with Gasteiger partial charge >= 0.3 is 0 Å².